The van der Waals surface area contributed by atoms with Gasteiger partial charge in [0.25, 0.3) is 0 Å². The van der Waals surface area contributed by atoms with Crippen molar-refractivity contribution in [1.29, 1.82) is 0 Å². The predicted molar refractivity (Wildman–Crippen MR) is 154 cm³/mol. The number of fused-ring (bicyclic) bond motifs is 1. The molecule has 1 atom stereocenters. The zero-order valence-electron chi connectivity index (χ0n) is 22.5. The average Bonchev–Trinajstić information content (AvgIpc) is 3.54. The minimum absolute atomic E-state index is 0.0622. The molecule has 0 radical (unpaired) electrons. The van der Waals surface area contributed by atoms with Gasteiger partial charge in [-0.15, -0.1) is 0 Å². The van der Waals surface area contributed by atoms with Gasteiger partial charge < -0.3 is 24.8 Å². The van der Waals surface area contributed by atoms with E-state index in [1.165, 1.54) is 5.69 Å². The van der Waals surface area contributed by atoms with Crippen molar-refractivity contribution in [3.8, 4) is 22.6 Å². The monoisotopic (exact) mass is 522 g/mol. The van der Waals surface area contributed by atoms with Crippen molar-refractivity contribution in [3.05, 3.63) is 78.8 Å². The fraction of sp³-hybridized carbons (Fsp3) is 0.323. The van der Waals surface area contributed by atoms with Crippen molar-refractivity contribution in [2.75, 3.05) is 39.5 Å². The summed E-state index contributed by atoms with van der Waals surface area (Å²) in [5.74, 6) is 2.57. The highest BCUT2D eigenvalue weighted by molar-refractivity contribution is 6.03. The zero-order chi connectivity index (χ0) is 26.9. The molecule has 2 aromatic heterocycles. The molecule has 200 valence electrons. The first kappa shape index (κ1) is 25.1. The van der Waals surface area contributed by atoms with Crippen LogP contribution in [0, 0.1) is 0 Å². The normalized spacial score (nSPS) is 17.5. The molecular formula is C31H34N6O2. The van der Waals surface area contributed by atoms with Gasteiger partial charge in [0.1, 0.15) is 29.3 Å². The standard InChI is InChI=1S/C31H34N6O2/c1-35(2)17-6-9-26(38)36-18-16-23(19-36)37-29(22-10-11-22)27(28-30(32)33-20-34-31(28)37)21-12-14-25(15-13-21)39-24-7-4-3-5-8-24/h3-9,12-15,20,22-23H,10-11,16-19H2,1-2H3,(H2,32,33,34)/b9-6+/t23-/m1/s1. The summed E-state index contributed by atoms with van der Waals surface area (Å²) in [5.41, 5.74) is 10.8. The van der Waals surface area contributed by atoms with Crippen LogP contribution in [-0.4, -0.2) is 64.0 Å². The van der Waals surface area contributed by atoms with Crippen molar-refractivity contribution in [2.24, 2.45) is 0 Å². The molecule has 1 saturated heterocycles. The number of amides is 1. The zero-order valence-corrected chi connectivity index (χ0v) is 22.5. The van der Waals surface area contributed by atoms with Gasteiger partial charge in [-0.2, -0.15) is 0 Å². The van der Waals surface area contributed by atoms with Crippen LogP contribution >= 0.6 is 0 Å². The molecule has 1 amide bonds. The van der Waals surface area contributed by atoms with Crippen molar-refractivity contribution < 1.29 is 9.53 Å². The first-order valence-corrected chi connectivity index (χ1v) is 13.6. The van der Waals surface area contributed by atoms with E-state index in [-0.39, 0.29) is 11.9 Å². The van der Waals surface area contributed by atoms with E-state index in [4.69, 9.17) is 15.5 Å². The summed E-state index contributed by atoms with van der Waals surface area (Å²) in [5, 5.41) is 0.895. The number of likely N-dealkylation sites (N-methyl/N-ethyl adjacent to an activating group) is 1. The molecule has 8 heteroatoms. The number of nitrogens with zero attached hydrogens (tertiary/aromatic N) is 5. The number of carbonyl (C=O) groups excluding carboxylic acids is 1. The van der Waals surface area contributed by atoms with Crippen LogP contribution in [-0.2, 0) is 4.79 Å². The van der Waals surface area contributed by atoms with Crippen molar-refractivity contribution in [1.82, 2.24) is 24.3 Å². The molecule has 2 aromatic carbocycles. The lowest BCUT2D eigenvalue weighted by Crippen LogP contribution is -2.28. The van der Waals surface area contributed by atoms with Gasteiger partial charge >= 0.3 is 0 Å². The lowest BCUT2D eigenvalue weighted by molar-refractivity contribution is -0.125. The molecule has 1 aliphatic carbocycles. The summed E-state index contributed by atoms with van der Waals surface area (Å²) in [4.78, 5) is 26.0. The van der Waals surface area contributed by atoms with Crippen LogP contribution in [0.1, 0.15) is 36.9 Å². The minimum atomic E-state index is 0.0622. The second kappa shape index (κ2) is 10.5. The first-order chi connectivity index (χ1) is 19.0. The van der Waals surface area contributed by atoms with Crippen molar-refractivity contribution in [3.63, 3.8) is 0 Å². The van der Waals surface area contributed by atoms with E-state index >= 15 is 0 Å². The predicted octanol–water partition coefficient (Wildman–Crippen LogP) is 5.24. The number of rotatable bonds is 8. The molecule has 2 N–H and O–H groups in total. The van der Waals surface area contributed by atoms with Crippen molar-refractivity contribution >= 4 is 22.8 Å². The number of hydrogen-bond donors (Lipinski definition) is 1. The van der Waals surface area contributed by atoms with Gasteiger partial charge in [-0.05, 0) is 69.1 Å². The number of anilines is 1. The number of carbonyl (C=O) groups is 1. The van der Waals surface area contributed by atoms with Crippen LogP contribution in [0.4, 0.5) is 5.82 Å². The lowest BCUT2D eigenvalue weighted by Gasteiger charge is -2.19. The van der Waals surface area contributed by atoms with Crippen LogP contribution in [0.2, 0.25) is 0 Å². The van der Waals surface area contributed by atoms with Gasteiger partial charge in [-0.1, -0.05) is 36.4 Å². The summed E-state index contributed by atoms with van der Waals surface area (Å²) in [7, 11) is 3.98. The Morgan fingerprint density at radius 2 is 1.79 bits per heavy atom. The van der Waals surface area contributed by atoms with Gasteiger partial charge in [0.05, 0.1) is 11.4 Å². The average molecular weight is 523 g/mol. The molecule has 2 aliphatic rings. The van der Waals surface area contributed by atoms with E-state index in [1.54, 1.807) is 12.4 Å². The van der Waals surface area contributed by atoms with Crippen LogP contribution in [0.3, 0.4) is 0 Å². The summed E-state index contributed by atoms with van der Waals surface area (Å²) in [6, 6.07) is 18.1. The highest BCUT2D eigenvalue weighted by Gasteiger charge is 2.38. The van der Waals surface area contributed by atoms with E-state index < -0.39 is 0 Å². The number of benzene rings is 2. The number of ether oxygens (including phenoxy) is 1. The number of aromatic nitrogens is 3. The summed E-state index contributed by atoms with van der Waals surface area (Å²) < 4.78 is 8.40. The first-order valence-electron chi connectivity index (χ1n) is 13.6. The van der Waals surface area contributed by atoms with E-state index in [2.05, 4.69) is 21.7 Å². The second-order valence-electron chi connectivity index (χ2n) is 10.7. The molecule has 3 heterocycles. The number of para-hydroxylation sites is 1. The van der Waals surface area contributed by atoms with E-state index in [0.717, 1.165) is 66.0 Å². The Balaban J connectivity index is 1.36. The van der Waals surface area contributed by atoms with Crippen LogP contribution in [0.25, 0.3) is 22.2 Å². The molecule has 8 nitrogen and oxygen atoms in total. The van der Waals surface area contributed by atoms with Crippen LogP contribution < -0.4 is 10.5 Å². The molecule has 1 aliphatic heterocycles. The molecule has 0 bridgehead atoms. The van der Waals surface area contributed by atoms with E-state index in [1.807, 2.05) is 72.4 Å². The topological polar surface area (TPSA) is 89.5 Å². The molecular weight excluding hydrogens is 488 g/mol. The molecule has 39 heavy (non-hydrogen) atoms. The summed E-state index contributed by atoms with van der Waals surface area (Å²) in [6.45, 7) is 2.12. The number of hydrogen-bond acceptors (Lipinski definition) is 6. The highest BCUT2D eigenvalue weighted by atomic mass is 16.5. The fourth-order valence-corrected chi connectivity index (χ4v) is 5.53. The molecule has 4 aromatic rings. The number of nitrogens with two attached hydrogens (primary N) is 1. The second-order valence-corrected chi connectivity index (χ2v) is 10.7. The van der Waals surface area contributed by atoms with Crippen LogP contribution in [0.5, 0.6) is 11.5 Å². The molecule has 0 unspecified atom stereocenters. The Morgan fingerprint density at radius 1 is 1.05 bits per heavy atom. The maximum absolute atomic E-state index is 12.9. The Kier molecular flexibility index (Phi) is 6.79. The molecule has 6 rings (SSSR count). The van der Waals surface area contributed by atoms with Gasteiger partial charge in [0.2, 0.25) is 5.91 Å². The lowest BCUT2D eigenvalue weighted by atomic mass is 10.0. The van der Waals surface area contributed by atoms with E-state index in [9.17, 15) is 4.79 Å². The minimum Gasteiger partial charge on any atom is -0.457 e. The quantitative estimate of drug-likeness (QED) is 0.318. The third kappa shape index (κ3) is 5.12. The fourth-order valence-electron chi connectivity index (χ4n) is 5.53. The maximum atomic E-state index is 12.9. The Labute approximate surface area is 228 Å². The summed E-state index contributed by atoms with van der Waals surface area (Å²) >= 11 is 0. The maximum Gasteiger partial charge on any atom is 0.246 e. The number of nitrogen functional groups attached to an aromatic ring is 1. The smallest absolute Gasteiger partial charge is 0.246 e. The number of likely N-dealkylation sites (tertiary alicyclic amines) is 1. The molecule has 1 saturated carbocycles. The summed E-state index contributed by atoms with van der Waals surface area (Å²) in [6.07, 6.45) is 8.32. The van der Waals surface area contributed by atoms with Gasteiger partial charge in [-0.25, -0.2) is 9.97 Å². The third-order valence-corrected chi connectivity index (χ3v) is 7.51. The highest BCUT2D eigenvalue weighted by Crippen LogP contribution is 2.51. The SMILES string of the molecule is CN(C)C/C=C/C(=O)N1CC[C@@H](n2c(C3CC3)c(-c3ccc(Oc4ccccc4)cc3)c3c(N)ncnc32)C1. The van der Waals surface area contributed by atoms with Gasteiger partial charge in [-0.3, -0.25) is 4.79 Å². The Morgan fingerprint density at radius 3 is 2.51 bits per heavy atom. The Bertz CT molecular complexity index is 1510. The Hall–Kier alpha value is -4.17. The largest absolute Gasteiger partial charge is 0.457 e. The molecule has 2 fully saturated rings. The third-order valence-electron chi connectivity index (χ3n) is 7.51. The molecule has 0 spiro atoms. The van der Waals surface area contributed by atoms with Crippen LogP contribution in [0.15, 0.2) is 73.1 Å². The van der Waals surface area contributed by atoms with Gasteiger partial charge in [0.15, 0.2) is 0 Å². The van der Waals surface area contributed by atoms with Gasteiger partial charge in [0, 0.05) is 37.0 Å². The van der Waals surface area contributed by atoms with E-state index in [0.29, 0.717) is 18.3 Å². The van der Waals surface area contributed by atoms with Crippen molar-refractivity contribution in [2.45, 2.75) is 31.2 Å².